The summed E-state index contributed by atoms with van der Waals surface area (Å²) in [7, 11) is 0. The monoisotopic (exact) mass is 175 g/mol. The van der Waals surface area contributed by atoms with Crippen LogP contribution in [0.2, 0.25) is 0 Å². The van der Waals surface area contributed by atoms with Crippen LogP contribution in [-0.4, -0.2) is 14.6 Å². The number of hydrogen-bond donors (Lipinski definition) is 1. The topological polar surface area (TPSA) is 50.2 Å². The second-order valence-corrected chi connectivity index (χ2v) is 3.46. The van der Waals surface area contributed by atoms with Gasteiger partial charge in [0.2, 0.25) is 0 Å². The van der Waals surface area contributed by atoms with Gasteiger partial charge in [0.15, 0.2) is 0 Å². The number of hydrogen-bond acceptors (Lipinski definition) is 2. The van der Waals surface area contributed by atoms with Crippen molar-refractivity contribution in [1.82, 2.24) is 14.6 Å². The lowest BCUT2D eigenvalue weighted by Gasteiger charge is -1.94. The Labute approximate surface area is 74.2 Å². The maximum Gasteiger partial charge on any atom is 0.275 e. The Morgan fingerprint density at radius 2 is 2.38 bits per heavy atom. The molecule has 0 spiro atoms. The van der Waals surface area contributed by atoms with E-state index in [1.807, 2.05) is 12.3 Å². The minimum Gasteiger partial charge on any atom is -0.310 e. The lowest BCUT2D eigenvalue weighted by atomic mass is 10.2. The quantitative estimate of drug-likeness (QED) is 0.700. The van der Waals surface area contributed by atoms with E-state index in [0.29, 0.717) is 11.4 Å². The second-order valence-electron chi connectivity index (χ2n) is 3.46. The summed E-state index contributed by atoms with van der Waals surface area (Å²) in [6, 6.07) is 2.00. The fourth-order valence-corrected chi connectivity index (χ4v) is 1.71. The van der Waals surface area contributed by atoms with Gasteiger partial charge >= 0.3 is 0 Å². The van der Waals surface area contributed by atoms with E-state index < -0.39 is 0 Å². The highest BCUT2D eigenvalue weighted by atomic mass is 16.1. The van der Waals surface area contributed by atoms with Crippen molar-refractivity contribution in [1.29, 1.82) is 0 Å². The Hall–Kier alpha value is -1.58. The standard InChI is InChI=1S/C9H9N3O/c13-9-8-7(6-1-2-6)3-4-12(8)11-5-10-9/h3-6H,1-2H2,(H,10,11,13). The molecule has 2 aromatic rings. The van der Waals surface area contributed by atoms with Gasteiger partial charge in [-0.25, -0.2) is 4.52 Å². The van der Waals surface area contributed by atoms with Gasteiger partial charge < -0.3 is 4.98 Å². The highest BCUT2D eigenvalue weighted by Gasteiger charge is 2.27. The Kier molecular flexibility index (Phi) is 1.17. The summed E-state index contributed by atoms with van der Waals surface area (Å²) in [4.78, 5) is 14.1. The predicted octanol–water partition coefficient (Wildman–Crippen LogP) is 0.900. The third-order valence-electron chi connectivity index (χ3n) is 2.51. The third kappa shape index (κ3) is 0.915. The molecule has 0 unspecified atom stereocenters. The van der Waals surface area contributed by atoms with E-state index in [1.165, 1.54) is 19.2 Å². The molecule has 2 heterocycles. The number of H-pyrrole nitrogens is 1. The molecule has 0 aliphatic heterocycles. The number of nitrogens with one attached hydrogen (secondary N) is 1. The van der Waals surface area contributed by atoms with Gasteiger partial charge in [-0.1, -0.05) is 0 Å². The molecule has 1 N–H and O–H groups in total. The molecule has 4 heteroatoms. The summed E-state index contributed by atoms with van der Waals surface area (Å²) in [5.41, 5.74) is 1.82. The van der Waals surface area contributed by atoms with Gasteiger partial charge in [-0.05, 0) is 30.4 Å². The zero-order chi connectivity index (χ0) is 8.84. The maximum absolute atomic E-state index is 11.5. The van der Waals surface area contributed by atoms with Crippen LogP contribution in [-0.2, 0) is 0 Å². The fourth-order valence-electron chi connectivity index (χ4n) is 1.71. The molecule has 1 saturated carbocycles. The smallest absolute Gasteiger partial charge is 0.275 e. The van der Waals surface area contributed by atoms with Gasteiger partial charge in [0.05, 0.1) is 0 Å². The summed E-state index contributed by atoms with van der Waals surface area (Å²) in [5, 5.41) is 4.03. The summed E-state index contributed by atoms with van der Waals surface area (Å²) >= 11 is 0. The van der Waals surface area contributed by atoms with Crippen LogP contribution in [0.5, 0.6) is 0 Å². The van der Waals surface area contributed by atoms with Crippen LogP contribution in [0.15, 0.2) is 23.4 Å². The first kappa shape index (κ1) is 6.88. The number of aromatic nitrogens is 3. The number of nitrogens with zero attached hydrogens (tertiary/aromatic N) is 2. The molecular formula is C9H9N3O. The van der Waals surface area contributed by atoms with E-state index in [1.54, 1.807) is 4.52 Å². The van der Waals surface area contributed by atoms with Crippen molar-refractivity contribution in [2.24, 2.45) is 0 Å². The molecule has 1 fully saturated rings. The summed E-state index contributed by atoms with van der Waals surface area (Å²) in [6.07, 6.45) is 5.67. The van der Waals surface area contributed by atoms with Crippen LogP contribution >= 0.6 is 0 Å². The zero-order valence-corrected chi connectivity index (χ0v) is 7.03. The molecule has 0 atom stereocenters. The van der Waals surface area contributed by atoms with Crippen molar-refractivity contribution in [3.63, 3.8) is 0 Å². The van der Waals surface area contributed by atoms with E-state index in [2.05, 4.69) is 10.1 Å². The molecule has 3 rings (SSSR count). The largest absolute Gasteiger partial charge is 0.310 e. The molecule has 0 bridgehead atoms. The molecule has 0 aromatic carbocycles. The molecule has 1 aliphatic carbocycles. The van der Waals surface area contributed by atoms with Crippen molar-refractivity contribution in [3.05, 3.63) is 34.5 Å². The van der Waals surface area contributed by atoms with Crippen molar-refractivity contribution in [3.8, 4) is 0 Å². The van der Waals surface area contributed by atoms with Gasteiger partial charge in [-0.2, -0.15) is 5.10 Å². The van der Waals surface area contributed by atoms with Crippen LogP contribution in [0.1, 0.15) is 24.3 Å². The summed E-state index contributed by atoms with van der Waals surface area (Å²) in [6.45, 7) is 0. The van der Waals surface area contributed by atoms with Crippen LogP contribution < -0.4 is 5.56 Å². The molecular weight excluding hydrogens is 166 g/mol. The predicted molar refractivity (Wildman–Crippen MR) is 47.8 cm³/mol. The molecule has 2 aromatic heterocycles. The lowest BCUT2D eigenvalue weighted by Crippen LogP contribution is -2.11. The molecule has 0 radical (unpaired) electrons. The van der Waals surface area contributed by atoms with Crippen molar-refractivity contribution in [2.75, 3.05) is 0 Å². The third-order valence-corrected chi connectivity index (χ3v) is 2.51. The molecule has 1 aliphatic rings. The number of rotatable bonds is 1. The molecule has 13 heavy (non-hydrogen) atoms. The van der Waals surface area contributed by atoms with Gasteiger partial charge in [0.1, 0.15) is 11.8 Å². The molecule has 0 amide bonds. The van der Waals surface area contributed by atoms with Gasteiger partial charge in [-0.15, -0.1) is 0 Å². The SMILES string of the molecule is O=c1[nH]cnn2ccc(C3CC3)c12. The average Bonchev–Trinajstić information content (AvgIpc) is 2.87. The van der Waals surface area contributed by atoms with Crippen molar-refractivity contribution in [2.45, 2.75) is 18.8 Å². The Balaban J connectivity index is 2.41. The molecule has 66 valence electrons. The van der Waals surface area contributed by atoms with E-state index in [0.717, 1.165) is 5.56 Å². The van der Waals surface area contributed by atoms with E-state index in [-0.39, 0.29) is 5.56 Å². The van der Waals surface area contributed by atoms with Crippen LogP contribution in [0.3, 0.4) is 0 Å². The van der Waals surface area contributed by atoms with Gasteiger partial charge in [-0.3, -0.25) is 4.79 Å². The first-order valence-electron chi connectivity index (χ1n) is 4.41. The Morgan fingerprint density at radius 3 is 3.15 bits per heavy atom. The number of aromatic amines is 1. The summed E-state index contributed by atoms with van der Waals surface area (Å²) < 4.78 is 1.65. The molecule has 0 saturated heterocycles. The average molecular weight is 175 g/mol. The highest BCUT2D eigenvalue weighted by Crippen LogP contribution is 2.41. The minimum atomic E-state index is -0.0399. The first-order valence-corrected chi connectivity index (χ1v) is 4.41. The van der Waals surface area contributed by atoms with E-state index in [4.69, 9.17) is 0 Å². The maximum atomic E-state index is 11.5. The summed E-state index contributed by atoms with van der Waals surface area (Å²) in [5.74, 6) is 0.593. The van der Waals surface area contributed by atoms with Crippen LogP contribution in [0.4, 0.5) is 0 Å². The van der Waals surface area contributed by atoms with Crippen molar-refractivity contribution >= 4 is 5.52 Å². The Bertz CT molecular complexity index is 507. The molecule has 4 nitrogen and oxygen atoms in total. The van der Waals surface area contributed by atoms with E-state index >= 15 is 0 Å². The highest BCUT2D eigenvalue weighted by molar-refractivity contribution is 5.55. The van der Waals surface area contributed by atoms with Crippen molar-refractivity contribution < 1.29 is 0 Å². The van der Waals surface area contributed by atoms with Crippen LogP contribution in [0.25, 0.3) is 5.52 Å². The lowest BCUT2D eigenvalue weighted by molar-refractivity contribution is 0.885. The zero-order valence-electron chi connectivity index (χ0n) is 7.03. The van der Waals surface area contributed by atoms with Gasteiger partial charge in [0.25, 0.3) is 5.56 Å². The fraction of sp³-hybridized carbons (Fsp3) is 0.333. The van der Waals surface area contributed by atoms with Crippen LogP contribution in [0, 0.1) is 0 Å². The van der Waals surface area contributed by atoms with Gasteiger partial charge in [0, 0.05) is 6.20 Å². The van der Waals surface area contributed by atoms with E-state index in [9.17, 15) is 4.79 Å². The second kappa shape index (κ2) is 2.22. The Morgan fingerprint density at radius 1 is 1.54 bits per heavy atom. The minimum absolute atomic E-state index is 0.0399. The normalized spacial score (nSPS) is 16.6. The number of fused-ring (bicyclic) bond motifs is 1. The first-order chi connectivity index (χ1) is 6.36.